The van der Waals surface area contributed by atoms with Crippen LogP contribution in [-0.2, 0) is 11.3 Å². The lowest BCUT2D eigenvalue weighted by molar-refractivity contribution is 0.180. The molecule has 16 heavy (non-hydrogen) atoms. The summed E-state index contributed by atoms with van der Waals surface area (Å²) in [6.45, 7) is 4.58. The predicted molar refractivity (Wildman–Crippen MR) is 71.6 cm³/mol. The van der Waals surface area contributed by atoms with Crippen LogP contribution in [0.4, 0.5) is 0 Å². The molecule has 0 fully saturated rings. The van der Waals surface area contributed by atoms with E-state index in [9.17, 15) is 4.79 Å². The van der Waals surface area contributed by atoms with Gasteiger partial charge in [-0.25, -0.2) is 4.98 Å². The van der Waals surface area contributed by atoms with Gasteiger partial charge in [0.05, 0.1) is 12.3 Å². The molecule has 0 amide bonds. The van der Waals surface area contributed by atoms with E-state index in [0.29, 0.717) is 16.1 Å². The first-order chi connectivity index (χ1) is 7.63. The number of aromatic nitrogens is 2. The van der Waals surface area contributed by atoms with Crippen LogP contribution < -0.4 is 5.56 Å². The molecule has 0 saturated carbocycles. The van der Waals surface area contributed by atoms with Gasteiger partial charge in [0.2, 0.25) is 0 Å². The zero-order valence-corrected chi connectivity index (χ0v) is 12.0. The first-order valence-corrected chi connectivity index (χ1v) is 6.49. The number of halogens is 1. The quantitative estimate of drug-likeness (QED) is 0.841. The van der Waals surface area contributed by atoms with Gasteiger partial charge >= 0.3 is 0 Å². The maximum absolute atomic E-state index is 11.7. The molecule has 0 atom stereocenters. The highest BCUT2D eigenvalue weighted by Crippen LogP contribution is 2.19. The van der Waals surface area contributed by atoms with Crippen molar-refractivity contribution < 1.29 is 4.74 Å². The Morgan fingerprint density at radius 2 is 2.06 bits per heavy atom. The molecule has 0 saturated heterocycles. The van der Waals surface area contributed by atoms with Crippen molar-refractivity contribution in [3.8, 4) is 0 Å². The van der Waals surface area contributed by atoms with E-state index in [4.69, 9.17) is 4.74 Å². The predicted octanol–water partition coefficient (Wildman–Crippen LogP) is 2.42. The molecular weight excluding hydrogens is 319 g/mol. The first-order valence-electron chi connectivity index (χ1n) is 5.41. The molecule has 1 N–H and O–H groups in total. The third-order valence-electron chi connectivity index (χ3n) is 2.60. The molecule has 90 valence electrons. The Morgan fingerprint density at radius 3 is 2.56 bits per heavy atom. The van der Waals surface area contributed by atoms with Gasteiger partial charge in [-0.05, 0) is 35.4 Å². The van der Waals surface area contributed by atoms with E-state index in [1.165, 1.54) is 0 Å². The van der Waals surface area contributed by atoms with E-state index in [1.807, 2.05) is 22.6 Å². The number of H-pyrrole nitrogens is 1. The van der Waals surface area contributed by atoms with E-state index in [0.717, 1.165) is 24.4 Å². The highest BCUT2D eigenvalue weighted by atomic mass is 127. The average molecular weight is 336 g/mol. The zero-order chi connectivity index (χ0) is 12.1. The van der Waals surface area contributed by atoms with Gasteiger partial charge in [0.25, 0.3) is 5.56 Å². The Bertz CT molecular complexity index is 399. The Labute approximate surface area is 109 Å². The number of aromatic amines is 1. The molecule has 1 aromatic rings. The minimum Gasteiger partial charge on any atom is -0.378 e. The molecule has 0 bridgehead atoms. The number of hydrogen-bond acceptors (Lipinski definition) is 3. The first kappa shape index (κ1) is 13.6. The number of hydrogen-bond donors (Lipinski definition) is 1. The van der Waals surface area contributed by atoms with Crippen molar-refractivity contribution in [1.29, 1.82) is 0 Å². The summed E-state index contributed by atoms with van der Waals surface area (Å²) in [6.07, 6.45) is 1.96. The van der Waals surface area contributed by atoms with Crippen molar-refractivity contribution in [2.45, 2.75) is 39.2 Å². The van der Waals surface area contributed by atoms with Crippen molar-refractivity contribution in [3.63, 3.8) is 0 Å². The van der Waals surface area contributed by atoms with Crippen molar-refractivity contribution in [1.82, 2.24) is 9.97 Å². The third-order valence-corrected chi connectivity index (χ3v) is 3.72. The van der Waals surface area contributed by atoms with E-state index >= 15 is 0 Å². The molecule has 1 heterocycles. The molecule has 0 radical (unpaired) electrons. The molecule has 0 aromatic carbocycles. The van der Waals surface area contributed by atoms with Gasteiger partial charge in [-0.2, -0.15) is 0 Å². The van der Waals surface area contributed by atoms with Crippen molar-refractivity contribution in [2.75, 3.05) is 7.11 Å². The van der Waals surface area contributed by atoms with Gasteiger partial charge in [0.15, 0.2) is 0 Å². The van der Waals surface area contributed by atoms with Crippen molar-refractivity contribution in [3.05, 3.63) is 25.4 Å². The second kappa shape index (κ2) is 6.34. The highest BCUT2D eigenvalue weighted by molar-refractivity contribution is 14.1. The Hall–Kier alpha value is -0.430. The summed E-state index contributed by atoms with van der Waals surface area (Å²) < 4.78 is 5.67. The average Bonchev–Trinajstić information content (AvgIpc) is 2.27. The van der Waals surface area contributed by atoms with E-state index in [2.05, 4.69) is 23.8 Å². The molecule has 0 unspecified atom stereocenters. The van der Waals surface area contributed by atoms with Gasteiger partial charge < -0.3 is 9.72 Å². The molecule has 0 aliphatic heterocycles. The highest BCUT2D eigenvalue weighted by Gasteiger charge is 2.14. The summed E-state index contributed by atoms with van der Waals surface area (Å²) in [5.74, 6) is 1.10. The maximum atomic E-state index is 11.7. The Balaban J connectivity index is 3.17. The van der Waals surface area contributed by atoms with Crippen molar-refractivity contribution >= 4 is 22.6 Å². The molecule has 4 nitrogen and oxygen atoms in total. The fourth-order valence-corrected chi connectivity index (χ4v) is 2.04. The lowest BCUT2D eigenvalue weighted by Gasteiger charge is -2.13. The SMILES string of the molecule is CCC(CC)c1nc(COC)c(I)c(=O)[nH]1. The molecular formula is C11H17IN2O2. The second-order valence-electron chi connectivity index (χ2n) is 3.66. The van der Waals surface area contributed by atoms with Gasteiger partial charge in [-0.3, -0.25) is 4.79 Å². The number of methoxy groups -OCH3 is 1. The van der Waals surface area contributed by atoms with Crippen molar-refractivity contribution in [2.24, 2.45) is 0 Å². The van der Waals surface area contributed by atoms with Crippen LogP contribution in [0.5, 0.6) is 0 Å². The Morgan fingerprint density at radius 1 is 1.44 bits per heavy atom. The van der Waals surface area contributed by atoms with Crippen LogP contribution in [0.1, 0.15) is 44.1 Å². The monoisotopic (exact) mass is 336 g/mol. The molecule has 0 aliphatic rings. The van der Waals surface area contributed by atoms with Crippen LogP contribution in [0.2, 0.25) is 0 Å². The lowest BCUT2D eigenvalue weighted by Crippen LogP contribution is -2.20. The number of ether oxygens (including phenoxy) is 1. The topological polar surface area (TPSA) is 55.0 Å². The van der Waals surface area contributed by atoms with Crippen LogP contribution in [0.15, 0.2) is 4.79 Å². The number of rotatable bonds is 5. The number of nitrogens with one attached hydrogen (secondary N) is 1. The molecule has 5 heteroatoms. The summed E-state index contributed by atoms with van der Waals surface area (Å²) in [5.41, 5.74) is 0.665. The summed E-state index contributed by atoms with van der Waals surface area (Å²) in [7, 11) is 1.61. The van der Waals surface area contributed by atoms with Crippen LogP contribution in [0.25, 0.3) is 0 Å². The van der Waals surface area contributed by atoms with Crippen LogP contribution in [0.3, 0.4) is 0 Å². The smallest absolute Gasteiger partial charge is 0.264 e. The Kier molecular flexibility index (Phi) is 5.40. The van der Waals surface area contributed by atoms with Gasteiger partial charge in [0.1, 0.15) is 9.39 Å². The minimum atomic E-state index is -0.0652. The fourth-order valence-electron chi connectivity index (χ4n) is 1.63. The number of nitrogens with zero attached hydrogens (tertiary/aromatic N) is 1. The normalized spacial score (nSPS) is 11.1. The van der Waals surface area contributed by atoms with Gasteiger partial charge in [-0.1, -0.05) is 13.8 Å². The summed E-state index contributed by atoms with van der Waals surface area (Å²) >= 11 is 2.01. The van der Waals surface area contributed by atoms with E-state index in [-0.39, 0.29) is 5.56 Å². The third kappa shape index (κ3) is 3.04. The molecule has 1 rings (SSSR count). The van der Waals surface area contributed by atoms with Gasteiger partial charge in [-0.15, -0.1) is 0 Å². The fraction of sp³-hybridized carbons (Fsp3) is 0.636. The van der Waals surface area contributed by atoms with E-state index < -0.39 is 0 Å². The second-order valence-corrected chi connectivity index (χ2v) is 4.74. The molecule has 0 aliphatic carbocycles. The minimum absolute atomic E-state index is 0.0652. The molecule has 0 spiro atoms. The van der Waals surface area contributed by atoms with Crippen LogP contribution in [0, 0.1) is 3.57 Å². The van der Waals surface area contributed by atoms with E-state index in [1.54, 1.807) is 7.11 Å². The summed E-state index contributed by atoms with van der Waals surface area (Å²) in [4.78, 5) is 19.0. The van der Waals surface area contributed by atoms with Crippen LogP contribution in [-0.4, -0.2) is 17.1 Å². The maximum Gasteiger partial charge on any atom is 0.264 e. The lowest BCUT2D eigenvalue weighted by atomic mass is 10.0. The zero-order valence-electron chi connectivity index (χ0n) is 9.84. The van der Waals surface area contributed by atoms with Gasteiger partial charge in [0, 0.05) is 13.0 Å². The largest absolute Gasteiger partial charge is 0.378 e. The molecule has 1 aromatic heterocycles. The summed E-state index contributed by atoms with van der Waals surface area (Å²) in [6, 6.07) is 0. The van der Waals surface area contributed by atoms with Crippen LogP contribution >= 0.6 is 22.6 Å². The summed E-state index contributed by atoms with van der Waals surface area (Å²) in [5, 5.41) is 0. The standard InChI is InChI=1S/C11H17IN2O2/c1-4-7(5-2)10-13-8(6-16-3)9(12)11(15)14-10/h7H,4-6H2,1-3H3,(H,13,14,15).